The van der Waals surface area contributed by atoms with Crippen molar-refractivity contribution in [3.63, 3.8) is 0 Å². The summed E-state index contributed by atoms with van der Waals surface area (Å²) >= 11 is 0. The van der Waals surface area contributed by atoms with Gasteiger partial charge in [-0.15, -0.1) is 0 Å². The summed E-state index contributed by atoms with van der Waals surface area (Å²) in [6, 6.07) is 8.42. The second-order valence-electron chi connectivity index (χ2n) is 10.2. The maximum atomic E-state index is 13.4. The first-order valence-electron chi connectivity index (χ1n) is 12.4. The number of benzene rings is 1. The molecule has 1 saturated carbocycles. The summed E-state index contributed by atoms with van der Waals surface area (Å²) in [5.41, 5.74) is 2.18. The first-order valence-corrected chi connectivity index (χ1v) is 14.3. The molecule has 5 rings (SSSR count). The van der Waals surface area contributed by atoms with Crippen molar-refractivity contribution < 1.29 is 18.7 Å². The van der Waals surface area contributed by atoms with Gasteiger partial charge in [-0.05, 0) is 51.0 Å². The summed E-state index contributed by atoms with van der Waals surface area (Å²) in [6.45, 7) is 8.20. The number of aromatic nitrogens is 1. The van der Waals surface area contributed by atoms with E-state index in [9.17, 15) is 18.7 Å². The van der Waals surface area contributed by atoms with Crippen LogP contribution in [0.15, 0.2) is 24.3 Å². The van der Waals surface area contributed by atoms with E-state index in [0.717, 1.165) is 37.1 Å². The Bertz CT molecular complexity index is 1080. The van der Waals surface area contributed by atoms with Gasteiger partial charge in [0, 0.05) is 67.8 Å². The SMILES string of the molecule is CC(C)n1c(C(=O)N2CCS(O)(O)CC2)cc2cc(C(=O)N3CCN(C4CCC4)CC3)ccc21. The molecule has 9 heteroatoms. The molecule has 3 heterocycles. The molecule has 0 unspecified atom stereocenters. The molecular formula is C25H36N4O4S. The number of hydrogen-bond donors (Lipinski definition) is 2. The molecule has 8 nitrogen and oxygen atoms in total. The lowest BCUT2D eigenvalue weighted by molar-refractivity contribution is 0.0455. The molecule has 3 fully saturated rings. The highest BCUT2D eigenvalue weighted by Gasteiger charge is 2.31. The summed E-state index contributed by atoms with van der Waals surface area (Å²) in [7, 11) is -2.56. The molecular weight excluding hydrogens is 452 g/mol. The number of nitrogens with zero attached hydrogens (tertiary/aromatic N) is 4. The van der Waals surface area contributed by atoms with Gasteiger partial charge in [0.1, 0.15) is 5.69 Å². The molecule has 1 aliphatic carbocycles. The van der Waals surface area contributed by atoms with Crippen molar-refractivity contribution in [1.29, 1.82) is 0 Å². The molecule has 0 atom stereocenters. The third-order valence-corrected chi connectivity index (χ3v) is 9.35. The van der Waals surface area contributed by atoms with Gasteiger partial charge >= 0.3 is 0 Å². The molecule has 34 heavy (non-hydrogen) atoms. The minimum Gasteiger partial charge on any atom is -0.336 e. The minimum atomic E-state index is -2.56. The van der Waals surface area contributed by atoms with Gasteiger partial charge in [-0.2, -0.15) is 10.6 Å². The zero-order valence-electron chi connectivity index (χ0n) is 20.2. The third kappa shape index (κ3) is 4.46. The van der Waals surface area contributed by atoms with Crippen molar-refractivity contribution in [3.8, 4) is 0 Å². The number of carbonyl (C=O) groups excluding carboxylic acids is 2. The van der Waals surface area contributed by atoms with Gasteiger partial charge in [0.2, 0.25) is 0 Å². The highest BCUT2D eigenvalue weighted by Crippen LogP contribution is 2.40. The lowest BCUT2D eigenvalue weighted by atomic mass is 9.91. The van der Waals surface area contributed by atoms with Gasteiger partial charge in [-0.3, -0.25) is 23.6 Å². The van der Waals surface area contributed by atoms with Crippen molar-refractivity contribution in [3.05, 3.63) is 35.5 Å². The standard InChI is InChI=1S/C25H36N4O4S/c1-18(2)29-22-7-6-19(24(30)27-10-8-26(9-11-27)21-4-3-5-21)16-20(22)17-23(29)25(31)28-12-14-34(32,33)15-13-28/h6-7,16-18,21,32-33H,3-5,8-15H2,1-2H3. The van der Waals surface area contributed by atoms with E-state index >= 15 is 0 Å². The third-order valence-electron chi connectivity index (χ3n) is 7.68. The lowest BCUT2D eigenvalue weighted by Gasteiger charge is -2.42. The number of hydrogen-bond acceptors (Lipinski definition) is 5. The normalized spacial score (nSPS) is 22.7. The van der Waals surface area contributed by atoms with Crippen LogP contribution in [0.1, 0.15) is 60.0 Å². The molecule has 3 aliphatic rings. The molecule has 2 aliphatic heterocycles. The molecule has 2 aromatic rings. The average Bonchev–Trinajstić information content (AvgIpc) is 3.16. The second kappa shape index (κ2) is 9.18. The number of rotatable bonds is 4. The van der Waals surface area contributed by atoms with E-state index < -0.39 is 10.6 Å². The summed E-state index contributed by atoms with van der Waals surface area (Å²) in [5, 5.41) is 0.886. The van der Waals surface area contributed by atoms with E-state index in [1.807, 2.05) is 47.6 Å². The predicted molar refractivity (Wildman–Crippen MR) is 136 cm³/mol. The fraction of sp³-hybridized carbons (Fsp3) is 0.600. The Morgan fingerprint density at radius 1 is 0.912 bits per heavy atom. The molecule has 1 aromatic carbocycles. The van der Waals surface area contributed by atoms with Crippen LogP contribution in [0.4, 0.5) is 0 Å². The van der Waals surface area contributed by atoms with Crippen LogP contribution < -0.4 is 0 Å². The number of carbonyl (C=O) groups is 2. The molecule has 186 valence electrons. The number of amides is 2. The molecule has 2 N–H and O–H groups in total. The van der Waals surface area contributed by atoms with Gasteiger partial charge < -0.3 is 14.4 Å². The summed E-state index contributed by atoms with van der Waals surface area (Å²) < 4.78 is 21.8. The van der Waals surface area contributed by atoms with Gasteiger partial charge in [0.05, 0.1) is 11.5 Å². The van der Waals surface area contributed by atoms with E-state index in [0.29, 0.717) is 30.4 Å². The van der Waals surface area contributed by atoms with Crippen molar-refractivity contribution in [2.75, 3.05) is 50.8 Å². The van der Waals surface area contributed by atoms with Crippen LogP contribution in [-0.4, -0.2) is 97.0 Å². The molecule has 0 spiro atoms. The summed E-state index contributed by atoms with van der Waals surface area (Å²) in [5.74, 6) is 0.419. The smallest absolute Gasteiger partial charge is 0.270 e. The average molecular weight is 489 g/mol. The Hall–Kier alpha value is -2.07. The van der Waals surface area contributed by atoms with E-state index in [1.165, 1.54) is 19.3 Å². The van der Waals surface area contributed by atoms with Crippen molar-refractivity contribution in [2.45, 2.75) is 45.2 Å². The van der Waals surface area contributed by atoms with Crippen LogP contribution in [0.3, 0.4) is 0 Å². The van der Waals surface area contributed by atoms with Gasteiger partial charge in [0.25, 0.3) is 11.8 Å². The summed E-state index contributed by atoms with van der Waals surface area (Å²) in [4.78, 5) is 32.8. The zero-order chi connectivity index (χ0) is 24.0. The van der Waals surface area contributed by atoms with Gasteiger partial charge in [-0.1, -0.05) is 6.42 Å². The van der Waals surface area contributed by atoms with Crippen LogP contribution in [-0.2, 0) is 0 Å². The van der Waals surface area contributed by atoms with Crippen molar-refractivity contribution in [2.24, 2.45) is 0 Å². The Labute approximate surface area is 202 Å². The van der Waals surface area contributed by atoms with Crippen LogP contribution in [0.2, 0.25) is 0 Å². The first-order chi connectivity index (χ1) is 16.2. The van der Waals surface area contributed by atoms with Gasteiger partial charge in [0.15, 0.2) is 0 Å². The Balaban J connectivity index is 1.36. The van der Waals surface area contributed by atoms with Gasteiger partial charge in [-0.25, -0.2) is 0 Å². The molecule has 2 amide bonds. The molecule has 0 bridgehead atoms. The van der Waals surface area contributed by atoms with Crippen LogP contribution in [0.5, 0.6) is 0 Å². The second-order valence-corrected chi connectivity index (χ2v) is 12.6. The van der Waals surface area contributed by atoms with Crippen LogP contribution in [0, 0.1) is 0 Å². The minimum absolute atomic E-state index is 0.0570. The fourth-order valence-corrected chi connectivity index (χ4v) is 6.64. The number of fused-ring (bicyclic) bond motifs is 1. The fourth-order valence-electron chi connectivity index (χ4n) is 5.41. The monoisotopic (exact) mass is 488 g/mol. The van der Waals surface area contributed by atoms with E-state index in [4.69, 9.17) is 0 Å². The largest absolute Gasteiger partial charge is 0.336 e. The quantitative estimate of drug-likeness (QED) is 0.684. The highest BCUT2D eigenvalue weighted by atomic mass is 32.3. The molecule has 0 radical (unpaired) electrons. The maximum Gasteiger partial charge on any atom is 0.270 e. The maximum absolute atomic E-state index is 13.4. The van der Waals surface area contributed by atoms with E-state index in [-0.39, 0.29) is 29.4 Å². The topological polar surface area (TPSA) is 89.2 Å². The predicted octanol–water partition coefficient (Wildman–Crippen LogP) is 3.74. The number of piperazine rings is 1. The molecule has 1 aromatic heterocycles. The Morgan fingerprint density at radius 3 is 2.15 bits per heavy atom. The van der Waals surface area contributed by atoms with Crippen LogP contribution >= 0.6 is 10.6 Å². The highest BCUT2D eigenvalue weighted by molar-refractivity contribution is 8.24. The molecule has 2 saturated heterocycles. The van der Waals surface area contributed by atoms with Crippen molar-refractivity contribution >= 4 is 33.3 Å². The van der Waals surface area contributed by atoms with E-state index in [1.54, 1.807) is 4.90 Å². The van der Waals surface area contributed by atoms with Crippen molar-refractivity contribution in [1.82, 2.24) is 19.3 Å². The first kappa shape index (κ1) is 23.7. The zero-order valence-corrected chi connectivity index (χ0v) is 21.0. The summed E-state index contributed by atoms with van der Waals surface area (Å²) in [6.07, 6.45) is 3.91. The Kier molecular flexibility index (Phi) is 6.39. The Morgan fingerprint density at radius 2 is 1.56 bits per heavy atom. The van der Waals surface area contributed by atoms with E-state index in [2.05, 4.69) is 4.90 Å². The van der Waals surface area contributed by atoms with Crippen LogP contribution in [0.25, 0.3) is 10.9 Å². The lowest BCUT2D eigenvalue weighted by Crippen LogP contribution is -2.53.